The van der Waals surface area contributed by atoms with E-state index in [1.54, 1.807) is 4.90 Å². The summed E-state index contributed by atoms with van der Waals surface area (Å²) in [6, 6.07) is 7.97. The normalized spacial score (nSPS) is 17.8. The Bertz CT molecular complexity index is 743. The zero-order valence-electron chi connectivity index (χ0n) is 13.7. The molecule has 2 heterocycles. The molecular weight excluding hydrogens is 342 g/mol. The van der Waals surface area contributed by atoms with Crippen LogP contribution in [0.4, 0.5) is 0 Å². The Kier molecular flexibility index (Phi) is 5.30. The average Bonchev–Trinajstić information content (AvgIpc) is 3.15. The third-order valence-electron chi connectivity index (χ3n) is 3.91. The Morgan fingerprint density at radius 3 is 2.71 bits per heavy atom. The number of hydrogen-bond acceptors (Lipinski definition) is 6. The molecule has 0 aliphatic carbocycles. The van der Waals surface area contributed by atoms with Gasteiger partial charge in [-0.15, -0.1) is 10.2 Å². The molecule has 1 saturated heterocycles. The second-order valence-corrected chi connectivity index (χ2v) is 7.58. The summed E-state index contributed by atoms with van der Waals surface area (Å²) < 4.78 is 6.38. The maximum atomic E-state index is 12.2. The molecule has 126 valence electrons. The highest BCUT2D eigenvalue weighted by Gasteiger charge is 2.35. The number of benzene rings is 1. The number of aromatic nitrogens is 2. The van der Waals surface area contributed by atoms with E-state index in [4.69, 9.17) is 16.6 Å². The SMILES string of the molecule is CCC1SC(=S)N(CCCc2nnc(-c3ccc(C)cc3)o2)C1=O. The van der Waals surface area contributed by atoms with E-state index < -0.39 is 0 Å². The van der Waals surface area contributed by atoms with Crippen LogP contribution in [-0.4, -0.2) is 37.1 Å². The van der Waals surface area contributed by atoms with Crippen molar-refractivity contribution in [1.29, 1.82) is 0 Å². The van der Waals surface area contributed by atoms with Gasteiger partial charge in [0.15, 0.2) is 0 Å². The van der Waals surface area contributed by atoms with Crippen LogP contribution in [0.25, 0.3) is 11.5 Å². The first-order valence-corrected chi connectivity index (χ1v) is 9.28. The molecule has 1 amide bonds. The molecule has 1 aliphatic heterocycles. The molecule has 2 aromatic rings. The van der Waals surface area contributed by atoms with Gasteiger partial charge < -0.3 is 4.42 Å². The van der Waals surface area contributed by atoms with Gasteiger partial charge in [-0.2, -0.15) is 0 Å². The van der Waals surface area contributed by atoms with Crippen LogP contribution in [0.5, 0.6) is 0 Å². The van der Waals surface area contributed by atoms with E-state index in [9.17, 15) is 4.79 Å². The third-order valence-corrected chi connectivity index (χ3v) is 5.66. The van der Waals surface area contributed by atoms with Crippen LogP contribution < -0.4 is 0 Å². The number of thiocarbonyl (C=S) groups is 1. The van der Waals surface area contributed by atoms with Crippen molar-refractivity contribution >= 4 is 34.2 Å². The van der Waals surface area contributed by atoms with Crippen LogP contribution >= 0.6 is 24.0 Å². The number of amides is 1. The van der Waals surface area contributed by atoms with Crippen molar-refractivity contribution in [2.24, 2.45) is 0 Å². The largest absolute Gasteiger partial charge is 0.421 e. The van der Waals surface area contributed by atoms with Gasteiger partial charge in [-0.05, 0) is 31.9 Å². The first-order valence-electron chi connectivity index (χ1n) is 8.00. The van der Waals surface area contributed by atoms with Crippen LogP contribution in [0.1, 0.15) is 31.2 Å². The molecule has 1 fully saturated rings. The monoisotopic (exact) mass is 361 g/mol. The Morgan fingerprint density at radius 1 is 1.29 bits per heavy atom. The highest BCUT2D eigenvalue weighted by atomic mass is 32.2. The molecule has 24 heavy (non-hydrogen) atoms. The van der Waals surface area contributed by atoms with Gasteiger partial charge in [-0.1, -0.05) is 48.6 Å². The quantitative estimate of drug-likeness (QED) is 0.733. The number of aryl methyl sites for hydroxylation is 2. The zero-order chi connectivity index (χ0) is 17.1. The first-order chi connectivity index (χ1) is 11.6. The molecule has 0 N–H and O–H groups in total. The fourth-order valence-corrected chi connectivity index (χ4v) is 3.99. The van der Waals surface area contributed by atoms with Crippen LogP contribution in [0, 0.1) is 6.92 Å². The minimum absolute atomic E-state index is 0.0194. The summed E-state index contributed by atoms with van der Waals surface area (Å²) in [6.45, 7) is 4.64. The summed E-state index contributed by atoms with van der Waals surface area (Å²) >= 11 is 6.77. The lowest BCUT2D eigenvalue weighted by atomic mass is 10.1. The molecule has 1 unspecified atom stereocenters. The average molecular weight is 361 g/mol. The summed E-state index contributed by atoms with van der Waals surface area (Å²) in [5.74, 6) is 1.24. The Labute approximate surface area is 150 Å². The predicted octanol–water partition coefficient (Wildman–Crippen LogP) is 3.62. The maximum absolute atomic E-state index is 12.2. The molecule has 3 rings (SSSR count). The first kappa shape index (κ1) is 17.1. The van der Waals surface area contributed by atoms with Crippen molar-refractivity contribution in [3.63, 3.8) is 0 Å². The van der Waals surface area contributed by atoms with Gasteiger partial charge in [0.2, 0.25) is 17.7 Å². The lowest BCUT2D eigenvalue weighted by Crippen LogP contribution is -2.32. The fourth-order valence-electron chi connectivity index (χ4n) is 2.51. The minimum Gasteiger partial charge on any atom is -0.421 e. The summed E-state index contributed by atoms with van der Waals surface area (Å²) in [5, 5.41) is 8.17. The van der Waals surface area contributed by atoms with Crippen LogP contribution in [0.2, 0.25) is 0 Å². The molecular formula is C17H19N3O2S2. The number of rotatable bonds is 6. The lowest BCUT2D eigenvalue weighted by molar-refractivity contribution is -0.126. The number of thioether (sulfide) groups is 1. The van der Waals surface area contributed by atoms with E-state index in [-0.39, 0.29) is 11.2 Å². The number of hydrogen-bond donors (Lipinski definition) is 0. The Morgan fingerprint density at radius 2 is 2.04 bits per heavy atom. The zero-order valence-corrected chi connectivity index (χ0v) is 15.3. The van der Waals surface area contributed by atoms with Gasteiger partial charge >= 0.3 is 0 Å². The molecule has 1 atom stereocenters. The third kappa shape index (κ3) is 3.67. The lowest BCUT2D eigenvalue weighted by Gasteiger charge is -2.14. The topological polar surface area (TPSA) is 59.2 Å². The van der Waals surface area contributed by atoms with Crippen LogP contribution in [0.3, 0.4) is 0 Å². The van der Waals surface area contributed by atoms with Crippen LogP contribution in [-0.2, 0) is 11.2 Å². The van der Waals surface area contributed by atoms with E-state index in [1.165, 1.54) is 17.3 Å². The molecule has 7 heteroatoms. The van der Waals surface area contributed by atoms with Gasteiger partial charge in [0.05, 0.1) is 5.25 Å². The second kappa shape index (κ2) is 7.44. The van der Waals surface area contributed by atoms with Crippen molar-refractivity contribution in [3.05, 3.63) is 35.7 Å². The van der Waals surface area contributed by atoms with E-state index in [0.29, 0.717) is 29.1 Å². The van der Waals surface area contributed by atoms with Crippen molar-refractivity contribution < 1.29 is 9.21 Å². The second-order valence-electron chi connectivity index (χ2n) is 5.74. The fraction of sp³-hybridized carbons (Fsp3) is 0.412. The summed E-state index contributed by atoms with van der Waals surface area (Å²) in [7, 11) is 0. The van der Waals surface area contributed by atoms with Gasteiger partial charge in [-0.25, -0.2) is 0 Å². The Hall–Kier alpha value is -1.73. The van der Waals surface area contributed by atoms with Crippen molar-refractivity contribution in [3.8, 4) is 11.5 Å². The number of carbonyl (C=O) groups excluding carboxylic acids is 1. The van der Waals surface area contributed by atoms with E-state index in [1.807, 2.05) is 38.1 Å². The van der Waals surface area contributed by atoms with Gasteiger partial charge in [0, 0.05) is 18.5 Å². The smallest absolute Gasteiger partial charge is 0.247 e. The molecule has 1 aromatic heterocycles. The standard InChI is InChI=1S/C17H19N3O2S2/c1-3-13-16(21)20(17(23)24-13)10-4-5-14-18-19-15(22-14)12-8-6-11(2)7-9-12/h6-9,13H,3-5,10H2,1-2H3. The molecule has 1 aliphatic rings. The van der Waals surface area contributed by atoms with E-state index in [2.05, 4.69) is 10.2 Å². The van der Waals surface area contributed by atoms with E-state index in [0.717, 1.165) is 18.4 Å². The van der Waals surface area contributed by atoms with Crippen molar-refractivity contribution in [2.45, 2.75) is 38.4 Å². The molecule has 0 spiro atoms. The molecule has 0 saturated carbocycles. The van der Waals surface area contributed by atoms with Gasteiger partial charge in [0.25, 0.3) is 0 Å². The summed E-state index contributed by atoms with van der Waals surface area (Å²) in [6.07, 6.45) is 2.19. The molecule has 0 radical (unpaired) electrons. The summed E-state index contributed by atoms with van der Waals surface area (Å²) in [4.78, 5) is 13.9. The highest BCUT2D eigenvalue weighted by molar-refractivity contribution is 8.24. The van der Waals surface area contributed by atoms with E-state index >= 15 is 0 Å². The number of nitrogens with zero attached hydrogens (tertiary/aromatic N) is 3. The van der Waals surface area contributed by atoms with Crippen LogP contribution in [0.15, 0.2) is 28.7 Å². The number of carbonyl (C=O) groups is 1. The predicted molar refractivity (Wildman–Crippen MR) is 98.8 cm³/mol. The minimum atomic E-state index is -0.0194. The molecule has 0 bridgehead atoms. The summed E-state index contributed by atoms with van der Waals surface area (Å²) in [5.41, 5.74) is 2.10. The van der Waals surface area contributed by atoms with Crippen molar-refractivity contribution in [2.75, 3.05) is 6.54 Å². The maximum Gasteiger partial charge on any atom is 0.247 e. The Balaban J connectivity index is 1.55. The van der Waals surface area contributed by atoms with Gasteiger partial charge in [-0.3, -0.25) is 9.69 Å². The highest BCUT2D eigenvalue weighted by Crippen LogP contribution is 2.29. The molecule has 5 nitrogen and oxygen atoms in total. The molecule has 1 aromatic carbocycles. The van der Waals surface area contributed by atoms with Gasteiger partial charge in [0.1, 0.15) is 4.32 Å². The van der Waals surface area contributed by atoms with Crippen molar-refractivity contribution in [1.82, 2.24) is 15.1 Å².